The fraction of sp³-hybridized carbons (Fsp3) is 0.250. The number of nitro benzene ring substituents is 2. The van der Waals surface area contributed by atoms with E-state index in [0.29, 0.717) is 17.8 Å². The highest BCUT2D eigenvalue weighted by Gasteiger charge is 2.20. The standard InChI is InChI=1S/C20H21N5O6S/c1-2-3-4-8-18(26)21-14-6-5-7-15(11-14)22-20(32)23-19(27)13-9-16(24(28)29)12-17(10-13)25(30)31/h5-7,9-12H,2-4,8H2,1H3,(H,21,26)(H2,22,23,27,32). The third kappa shape index (κ3) is 7.40. The molecule has 0 atom stereocenters. The number of nitro groups is 2. The highest BCUT2D eigenvalue weighted by Crippen LogP contribution is 2.23. The highest BCUT2D eigenvalue weighted by molar-refractivity contribution is 7.80. The zero-order chi connectivity index (χ0) is 23.7. The summed E-state index contributed by atoms with van der Waals surface area (Å²) in [4.78, 5) is 44.7. The molecule has 2 amide bonds. The third-order valence-corrected chi connectivity index (χ3v) is 4.43. The van der Waals surface area contributed by atoms with Crippen LogP contribution in [0.25, 0.3) is 0 Å². The van der Waals surface area contributed by atoms with Crippen LogP contribution >= 0.6 is 12.2 Å². The molecule has 2 aromatic carbocycles. The van der Waals surface area contributed by atoms with Crippen LogP contribution in [-0.2, 0) is 4.79 Å². The van der Waals surface area contributed by atoms with E-state index < -0.39 is 27.1 Å². The first-order chi connectivity index (χ1) is 15.2. The molecule has 11 nitrogen and oxygen atoms in total. The van der Waals surface area contributed by atoms with Crippen molar-refractivity contribution in [3.8, 4) is 0 Å². The lowest BCUT2D eigenvalue weighted by Gasteiger charge is -2.11. The van der Waals surface area contributed by atoms with E-state index in [9.17, 15) is 29.8 Å². The molecule has 32 heavy (non-hydrogen) atoms. The molecule has 0 radical (unpaired) electrons. The maximum atomic E-state index is 12.4. The van der Waals surface area contributed by atoms with Crippen molar-refractivity contribution in [2.75, 3.05) is 10.6 Å². The second-order valence-corrected chi connectivity index (χ2v) is 7.15. The first-order valence-corrected chi connectivity index (χ1v) is 10.1. The molecule has 168 valence electrons. The number of benzene rings is 2. The lowest BCUT2D eigenvalue weighted by Crippen LogP contribution is -2.34. The summed E-state index contributed by atoms with van der Waals surface area (Å²) in [5, 5.41) is 29.7. The number of hydrogen-bond donors (Lipinski definition) is 3. The number of hydrogen-bond acceptors (Lipinski definition) is 7. The lowest BCUT2D eigenvalue weighted by atomic mass is 10.1. The van der Waals surface area contributed by atoms with Crippen molar-refractivity contribution in [2.45, 2.75) is 32.6 Å². The molecule has 0 heterocycles. The molecular formula is C20H21N5O6S. The summed E-state index contributed by atoms with van der Waals surface area (Å²) in [6.07, 6.45) is 3.19. The van der Waals surface area contributed by atoms with Gasteiger partial charge < -0.3 is 10.6 Å². The predicted molar refractivity (Wildman–Crippen MR) is 123 cm³/mol. The van der Waals surface area contributed by atoms with Crippen LogP contribution in [0.15, 0.2) is 42.5 Å². The van der Waals surface area contributed by atoms with Gasteiger partial charge in [0, 0.05) is 29.9 Å². The molecule has 0 saturated heterocycles. The molecule has 0 aliphatic rings. The van der Waals surface area contributed by atoms with Gasteiger partial charge in [-0.1, -0.05) is 25.8 Å². The fourth-order valence-corrected chi connectivity index (χ4v) is 2.92. The number of amides is 2. The van der Waals surface area contributed by atoms with E-state index in [1.54, 1.807) is 24.3 Å². The van der Waals surface area contributed by atoms with E-state index in [4.69, 9.17) is 12.2 Å². The third-order valence-electron chi connectivity index (χ3n) is 4.23. The first-order valence-electron chi connectivity index (χ1n) is 9.65. The van der Waals surface area contributed by atoms with Gasteiger partial charge in [0.1, 0.15) is 0 Å². The maximum absolute atomic E-state index is 12.4. The minimum atomic E-state index is -0.852. The van der Waals surface area contributed by atoms with E-state index in [1.807, 2.05) is 0 Å². The van der Waals surface area contributed by atoms with Crippen LogP contribution in [0.3, 0.4) is 0 Å². The van der Waals surface area contributed by atoms with Gasteiger partial charge >= 0.3 is 0 Å². The Bertz CT molecular complexity index is 1030. The molecule has 2 aromatic rings. The number of non-ortho nitro benzene ring substituents is 2. The van der Waals surface area contributed by atoms with Crippen molar-refractivity contribution in [1.82, 2.24) is 5.32 Å². The number of nitrogens with zero attached hydrogens (tertiary/aromatic N) is 2. The summed E-state index contributed by atoms with van der Waals surface area (Å²) in [7, 11) is 0. The van der Waals surface area contributed by atoms with Crippen molar-refractivity contribution in [2.24, 2.45) is 0 Å². The van der Waals surface area contributed by atoms with E-state index in [2.05, 4.69) is 22.9 Å². The van der Waals surface area contributed by atoms with Gasteiger partial charge in [-0.3, -0.25) is 35.1 Å². The Morgan fingerprint density at radius 3 is 2.09 bits per heavy atom. The van der Waals surface area contributed by atoms with Crippen LogP contribution < -0.4 is 16.0 Å². The van der Waals surface area contributed by atoms with Crippen molar-refractivity contribution >= 4 is 51.9 Å². The van der Waals surface area contributed by atoms with Crippen LogP contribution in [-0.4, -0.2) is 26.8 Å². The van der Waals surface area contributed by atoms with Gasteiger partial charge in [0.05, 0.1) is 21.5 Å². The monoisotopic (exact) mass is 459 g/mol. The second-order valence-electron chi connectivity index (χ2n) is 6.75. The largest absolute Gasteiger partial charge is 0.332 e. The quantitative estimate of drug-likeness (QED) is 0.218. The van der Waals surface area contributed by atoms with E-state index in [0.717, 1.165) is 37.5 Å². The maximum Gasteiger partial charge on any atom is 0.277 e. The molecule has 2 rings (SSSR count). The van der Waals surface area contributed by atoms with Crippen LogP contribution in [0.5, 0.6) is 0 Å². The smallest absolute Gasteiger partial charge is 0.277 e. The Labute approximate surface area is 188 Å². The number of rotatable bonds is 9. The van der Waals surface area contributed by atoms with Crippen molar-refractivity contribution in [1.29, 1.82) is 0 Å². The van der Waals surface area contributed by atoms with Crippen LogP contribution in [0, 0.1) is 20.2 Å². The predicted octanol–water partition coefficient (Wildman–Crippen LogP) is 4.15. The number of anilines is 2. The Morgan fingerprint density at radius 2 is 1.53 bits per heavy atom. The van der Waals surface area contributed by atoms with Crippen LogP contribution in [0.2, 0.25) is 0 Å². The molecule has 0 fully saturated rings. The Balaban J connectivity index is 2.03. The number of thiocarbonyl (C=S) groups is 1. The molecule has 0 aliphatic carbocycles. The van der Waals surface area contributed by atoms with Crippen molar-refractivity contribution in [3.63, 3.8) is 0 Å². The summed E-state index contributed by atoms with van der Waals surface area (Å²) >= 11 is 5.08. The molecule has 0 bridgehead atoms. The minimum absolute atomic E-state index is 0.112. The van der Waals surface area contributed by atoms with Gasteiger partial charge in [-0.25, -0.2) is 0 Å². The number of carbonyl (C=O) groups excluding carboxylic acids is 2. The van der Waals surface area contributed by atoms with Gasteiger partial charge in [-0.05, 0) is 36.8 Å². The van der Waals surface area contributed by atoms with Gasteiger partial charge in [-0.2, -0.15) is 0 Å². The Kier molecular flexibility index (Phi) is 8.72. The molecule has 12 heteroatoms. The molecule has 0 unspecified atom stereocenters. The first kappa shape index (κ1) is 24.3. The summed E-state index contributed by atoms with van der Waals surface area (Å²) < 4.78 is 0. The zero-order valence-electron chi connectivity index (χ0n) is 17.1. The summed E-state index contributed by atoms with van der Waals surface area (Å²) in [6.45, 7) is 2.05. The lowest BCUT2D eigenvalue weighted by molar-refractivity contribution is -0.394. The molecule has 0 spiro atoms. The van der Waals surface area contributed by atoms with E-state index in [-0.39, 0.29) is 16.6 Å². The van der Waals surface area contributed by atoms with Crippen molar-refractivity contribution in [3.05, 3.63) is 68.3 Å². The average molecular weight is 459 g/mol. The molecule has 3 N–H and O–H groups in total. The van der Waals surface area contributed by atoms with Crippen molar-refractivity contribution < 1.29 is 19.4 Å². The number of nitrogens with one attached hydrogen (secondary N) is 3. The SMILES string of the molecule is CCCCCC(=O)Nc1cccc(NC(=S)NC(=O)c2cc([N+](=O)[O-])cc([N+](=O)[O-])c2)c1. The molecule has 0 aromatic heterocycles. The van der Waals surface area contributed by atoms with Gasteiger partial charge in [0.15, 0.2) is 5.11 Å². The van der Waals surface area contributed by atoms with Gasteiger partial charge in [-0.15, -0.1) is 0 Å². The minimum Gasteiger partial charge on any atom is -0.332 e. The molecule has 0 saturated carbocycles. The summed E-state index contributed by atoms with van der Waals surface area (Å²) in [5.74, 6) is -0.964. The van der Waals surface area contributed by atoms with Gasteiger partial charge in [0.25, 0.3) is 17.3 Å². The van der Waals surface area contributed by atoms with Crippen LogP contribution in [0.4, 0.5) is 22.7 Å². The Hall–Kier alpha value is -3.93. The van der Waals surface area contributed by atoms with Crippen LogP contribution in [0.1, 0.15) is 43.0 Å². The second kappa shape index (κ2) is 11.5. The van der Waals surface area contributed by atoms with E-state index in [1.165, 1.54) is 0 Å². The number of carbonyl (C=O) groups is 2. The fourth-order valence-electron chi connectivity index (χ4n) is 2.71. The highest BCUT2D eigenvalue weighted by atomic mass is 32.1. The topological polar surface area (TPSA) is 157 Å². The average Bonchev–Trinajstić information content (AvgIpc) is 2.73. The molecular weight excluding hydrogens is 438 g/mol. The summed E-state index contributed by atoms with van der Waals surface area (Å²) in [5.41, 5.74) is -0.453. The van der Waals surface area contributed by atoms with Gasteiger partial charge in [0.2, 0.25) is 5.91 Å². The zero-order valence-corrected chi connectivity index (χ0v) is 17.9. The normalized spacial score (nSPS) is 10.2. The Morgan fingerprint density at radius 1 is 0.938 bits per heavy atom. The molecule has 0 aliphatic heterocycles. The van der Waals surface area contributed by atoms with E-state index >= 15 is 0 Å². The number of unbranched alkanes of at least 4 members (excludes halogenated alkanes) is 2. The summed E-state index contributed by atoms with van der Waals surface area (Å²) in [6, 6.07) is 9.25.